The summed E-state index contributed by atoms with van der Waals surface area (Å²) in [6.45, 7) is 4.27. The lowest BCUT2D eigenvalue weighted by Crippen LogP contribution is -2.38. The highest BCUT2D eigenvalue weighted by Crippen LogP contribution is 2.43. The predicted molar refractivity (Wildman–Crippen MR) is 128 cm³/mol. The lowest BCUT2D eigenvalue weighted by molar-refractivity contribution is 0.0267. The average molecular weight is 460 g/mol. The molecular formula is C26H29N5O3. The van der Waals surface area contributed by atoms with Crippen LogP contribution in [0.25, 0.3) is 10.9 Å². The molecule has 2 saturated heterocycles. The Morgan fingerprint density at radius 1 is 1.29 bits per heavy atom. The van der Waals surface area contributed by atoms with Gasteiger partial charge < -0.3 is 14.4 Å². The first kappa shape index (κ1) is 20.4. The van der Waals surface area contributed by atoms with Gasteiger partial charge >= 0.3 is 0 Å². The Labute approximate surface area is 197 Å². The number of nitrogens with zero attached hydrogens (tertiary/aromatic N) is 4. The summed E-state index contributed by atoms with van der Waals surface area (Å²) in [6.07, 6.45) is 6.60. The Kier molecular flexibility index (Phi) is 4.67. The fraction of sp³-hybridized carbons (Fsp3) is 0.500. The minimum atomic E-state index is -0.0583. The molecule has 3 fully saturated rings. The van der Waals surface area contributed by atoms with Crippen LogP contribution in [0.5, 0.6) is 5.75 Å². The molecular weight excluding hydrogens is 430 g/mol. The minimum absolute atomic E-state index is 0.0583. The maximum absolute atomic E-state index is 13.2. The van der Waals surface area contributed by atoms with Gasteiger partial charge in [-0.15, -0.1) is 0 Å². The fourth-order valence-electron chi connectivity index (χ4n) is 6.00. The second kappa shape index (κ2) is 7.78. The molecule has 0 unspecified atom stereocenters. The number of aromatic amines is 1. The summed E-state index contributed by atoms with van der Waals surface area (Å²) in [6, 6.07) is 6.53. The molecule has 2 bridgehead atoms. The maximum atomic E-state index is 13.2. The first-order valence-electron chi connectivity index (χ1n) is 12.3. The quantitative estimate of drug-likeness (QED) is 0.628. The molecule has 0 spiro atoms. The van der Waals surface area contributed by atoms with Crippen LogP contribution in [-0.4, -0.2) is 58.8 Å². The van der Waals surface area contributed by atoms with E-state index in [2.05, 4.69) is 20.9 Å². The first-order valence-corrected chi connectivity index (χ1v) is 12.3. The monoisotopic (exact) mass is 459 g/mol. The molecule has 0 amide bonds. The van der Waals surface area contributed by atoms with Crippen LogP contribution >= 0.6 is 0 Å². The summed E-state index contributed by atoms with van der Waals surface area (Å²) in [5.74, 6) is 1.83. The number of ether oxygens (including phenoxy) is 2. The number of benzene rings is 1. The molecule has 0 radical (unpaired) electrons. The van der Waals surface area contributed by atoms with E-state index >= 15 is 0 Å². The molecule has 1 aromatic carbocycles. The summed E-state index contributed by atoms with van der Waals surface area (Å²) in [4.78, 5) is 30.6. The van der Waals surface area contributed by atoms with Gasteiger partial charge in [-0.1, -0.05) is 0 Å². The van der Waals surface area contributed by atoms with E-state index in [4.69, 9.17) is 19.4 Å². The zero-order valence-corrected chi connectivity index (χ0v) is 19.4. The van der Waals surface area contributed by atoms with E-state index in [0.717, 1.165) is 63.2 Å². The van der Waals surface area contributed by atoms with Gasteiger partial charge in [-0.2, -0.15) is 0 Å². The van der Waals surface area contributed by atoms with E-state index < -0.39 is 0 Å². The second-order valence-corrected chi connectivity index (χ2v) is 10.1. The molecule has 1 N–H and O–H groups in total. The SMILES string of the molecule is COc1cc(C2CC2)c2c(=O)[nH]c(N3CCc4c(ccnc4CN4C[C@@H]5C[C@H]4CO5)C3)nc2c1. The Morgan fingerprint density at radius 2 is 2.21 bits per heavy atom. The highest BCUT2D eigenvalue weighted by Gasteiger charge is 2.39. The molecule has 3 aromatic rings. The molecule has 8 nitrogen and oxygen atoms in total. The van der Waals surface area contributed by atoms with Gasteiger partial charge in [-0.25, -0.2) is 4.98 Å². The second-order valence-electron chi connectivity index (χ2n) is 10.1. The zero-order chi connectivity index (χ0) is 22.8. The van der Waals surface area contributed by atoms with Crippen molar-refractivity contribution < 1.29 is 9.47 Å². The number of pyridine rings is 1. The molecule has 2 atom stereocenters. The van der Waals surface area contributed by atoms with E-state index in [1.54, 1.807) is 7.11 Å². The molecule has 1 saturated carbocycles. The number of fused-ring (bicyclic) bond motifs is 4. The summed E-state index contributed by atoms with van der Waals surface area (Å²) in [5, 5.41) is 0.708. The highest BCUT2D eigenvalue weighted by molar-refractivity contribution is 5.85. The third kappa shape index (κ3) is 3.39. The van der Waals surface area contributed by atoms with Crippen LogP contribution < -0.4 is 15.2 Å². The number of anilines is 1. The largest absolute Gasteiger partial charge is 0.497 e. The van der Waals surface area contributed by atoms with Gasteiger partial charge in [-0.05, 0) is 60.4 Å². The van der Waals surface area contributed by atoms with Crippen molar-refractivity contribution in [2.75, 3.05) is 31.7 Å². The van der Waals surface area contributed by atoms with Gasteiger partial charge in [0.05, 0.1) is 36.4 Å². The number of H-pyrrole nitrogens is 1. The third-order valence-electron chi connectivity index (χ3n) is 7.95. The highest BCUT2D eigenvalue weighted by atomic mass is 16.5. The van der Waals surface area contributed by atoms with Crippen LogP contribution in [0.1, 0.15) is 47.6 Å². The number of aromatic nitrogens is 3. The van der Waals surface area contributed by atoms with Crippen molar-refractivity contribution in [3.05, 3.63) is 57.1 Å². The van der Waals surface area contributed by atoms with E-state index in [0.29, 0.717) is 41.5 Å². The molecule has 2 aromatic heterocycles. The predicted octanol–water partition coefficient (Wildman–Crippen LogP) is 2.74. The van der Waals surface area contributed by atoms with Gasteiger partial charge in [0, 0.05) is 44.5 Å². The first-order chi connectivity index (χ1) is 16.7. The van der Waals surface area contributed by atoms with E-state index in [1.165, 1.54) is 16.8 Å². The van der Waals surface area contributed by atoms with Gasteiger partial charge in [0.1, 0.15) is 5.75 Å². The molecule has 5 heterocycles. The van der Waals surface area contributed by atoms with E-state index in [9.17, 15) is 4.79 Å². The van der Waals surface area contributed by atoms with Crippen LogP contribution in [0.2, 0.25) is 0 Å². The summed E-state index contributed by atoms with van der Waals surface area (Å²) in [7, 11) is 1.67. The number of nitrogens with one attached hydrogen (secondary N) is 1. The molecule has 3 aliphatic heterocycles. The Bertz CT molecular complexity index is 1330. The van der Waals surface area contributed by atoms with Gasteiger partial charge in [-0.3, -0.25) is 19.7 Å². The Balaban J connectivity index is 1.19. The summed E-state index contributed by atoms with van der Waals surface area (Å²) >= 11 is 0. The normalized spacial score (nSPS) is 24.1. The molecule has 7 rings (SSSR count). The topological polar surface area (TPSA) is 83.6 Å². The molecule has 4 aliphatic rings. The van der Waals surface area contributed by atoms with Crippen molar-refractivity contribution in [1.29, 1.82) is 0 Å². The standard InChI is InChI=1S/C26H29N5O3/c1-33-18-9-21(15-2-3-15)24-22(10-18)28-26(29-25(24)32)30-7-5-20-16(11-30)4-6-27-23(20)13-31-12-19-8-17(31)14-34-19/h4,6,9-10,15,17,19H,2-3,5,7-8,11-14H2,1H3,(H,28,29,32)/t17-,19-/m0/s1. The van der Waals surface area contributed by atoms with Crippen molar-refractivity contribution in [2.45, 2.75) is 56.8 Å². The number of methoxy groups -OCH3 is 1. The van der Waals surface area contributed by atoms with Gasteiger partial charge in [0.15, 0.2) is 0 Å². The van der Waals surface area contributed by atoms with Crippen LogP contribution in [0, 0.1) is 0 Å². The van der Waals surface area contributed by atoms with Crippen molar-refractivity contribution in [2.24, 2.45) is 0 Å². The number of rotatable bonds is 5. The Morgan fingerprint density at radius 3 is 2.97 bits per heavy atom. The van der Waals surface area contributed by atoms with Crippen LogP contribution in [0.3, 0.4) is 0 Å². The number of morpholine rings is 1. The summed E-state index contributed by atoms with van der Waals surface area (Å²) < 4.78 is 11.3. The molecule has 8 heteroatoms. The van der Waals surface area contributed by atoms with Gasteiger partial charge in [0.25, 0.3) is 5.56 Å². The van der Waals surface area contributed by atoms with E-state index in [1.807, 2.05) is 18.3 Å². The number of likely N-dealkylation sites (tertiary alicyclic amines) is 1. The van der Waals surface area contributed by atoms with Crippen molar-refractivity contribution in [3.8, 4) is 5.75 Å². The van der Waals surface area contributed by atoms with E-state index in [-0.39, 0.29) is 5.56 Å². The smallest absolute Gasteiger partial charge is 0.260 e. The zero-order valence-electron chi connectivity index (χ0n) is 19.4. The van der Waals surface area contributed by atoms with Gasteiger partial charge in [0.2, 0.25) is 5.95 Å². The number of hydrogen-bond donors (Lipinski definition) is 1. The van der Waals surface area contributed by atoms with Crippen LogP contribution in [0.15, 0.2) is 29.2 Å². The Hall–Kier alpha value is -2.97. The molecule has 1 aliphatic carbocycles. The number of hydrogen-bond acceptors (Lipinski definition) is 7. The fourth-order valence-corrected chi connectivity index (χ4v) is 6.00. The van der Waals surface area contributed by atoms with Crippen molar-refractivity contribution >= 4 is 16.9 Å². The third-order valence-corrected chi connectivity index (χ3v) is 7.95. The summed E-state index contributed by atoms with van der Waals surface area (Å²) in [5.41, 5.74) is 5.52. The molecule has 34 heavy (non-hydrogen) atoms. The lowest BCUT2D eigenvalue weighted by atomic mass is 9.98. The van der Waals surface area contributed by atoms with Crippen molar-refractivity contribution in [1.82, 2.24) is 19.9 Å². The van der Waals surface area contributed by atoms with Crippen molar-refractivity contribution in [3.63, 3.8) is 0 Å². The molecule has 176 valence electrons. The minimum Gasteiger partial charge on any atom is -0.497 e. The average Bonchev–Trinajstić information content (AvgIpc) is 3.50. The van der Waals surface area contributed by atoms with Crippen LogP contribution in [-0.2, 0) is 24.2 Å². The van der Waals surface area contributed by atoms with Crippen LogP contribution in [0.4, 0.5) is 5.95 Å². The maximum Gasteiger partial charge on any atom is 0.260 e. The lowest BCUT2D eigenvalue weighted by Gasteiger charge is -2.32.